The maximum absolute atomic E-state index is 9.65. The lowest BCUT2D eigenvalue weighted by Crippen LogP contribution is -2.23. The maximum atomic E-state index is 9.65. The minimum atomic E-state index is -0.913. The van der Waals surface area contributed by atoms with Crippen molar-refractivity contribution in [3.8, 4) is 22.9 Å². The zero-order valence-corrected chi connectivity index (χ0v) is 14.3. The minimum absolute atomic E-state index is 0.125. The molecule has 0 saturated carbocycles. The van der Waals surface area contributed by atoms with Crippen LogP contribution in [0.4, 0.5) is 5.82 Å². The van der Waals surface area contributed by atoms with E-state index in [4.69, 9.17) is 9.84 Å². The molecule has 6 heteroatoms. The molecule has 0 aliphatic heterocycles. The van der Waals surface area contributed by atoms with E-state index in [9.17, 15) is 10.4 Å². The Balaban J connectivity index is 2.24. The van der Waals surface area contributed by atoms with Crippen molar-refractivity contribution in [1.82, 2.24) is 4.98 Å². The number of benzene rings is 2. The summed E-state index contributed by atoms with van der Waals surface area (Å²) in [5, 5.41) is 32.9. The molecular formula is C20H19N3O3. The van der Waals surface area contributed by atoms with Crippen LogP contribution in [0.1, 0.15) is 5.69 Å². The van der Waals surface area contributed by atoms with Crippen LogP contribution in [0.5, 0.6) is 5.75 Å². The largest absolute Gasteiger partial charge is 0.497 e. The molecule has 0 spiro atoms. The average Bonchev–Trinajstić information content (AvgIpc) is 2.71. The first kappa shape index (κ1) is 17.7. The molecule has 26 heavy (non-hydrogen) atoms. The predicted octanol–water partition coefficient (Wildman–Crippen LogP) is 2.55. The molecule has 3 aromatic rings. The molecule has 1 heterocycles. The van der Waals surface area contributed by atoms with Crippen LogP contribution in [0.15, 0.2) is 48.5 Å². The van der Waals surface area contributed by atoms with Gasteiger partial charge in [0.2, 0.25) is 0 Å². The molecule has 3 N–H and O–H groups in total. The number of ether oxygens (including phenoxy) is 1. The van der Waals surface area contributed by atoms with Gasteiger partial charge in [-0.2, -0.15) is 5.26 Å². The molecule has 0 saturated heterocycles. The molecule has 3 rings (SSSR count). The van der Waals surface area contributed by atoms with Crippen LogP contribution >= 0.6 is 0 Å². The number of pyridine rings is 1. The number of aliphatic hydroxyl groups excluding tert-OH is 2. The Hall–Kier alpha value is -3.14. The zero-order valence-electron chi connectivity index (χ0n) is 14.3. The summed E-state index contributed by atoms with van der Waals surface area (Å²) < 4.78 is 5.35. The van der Waals surface area contributed by atoms with E-state index in [0.29, 0.717) is 11.6 Å². The number of nitrogens with zero attached hydrogens (tertiary/aromatic N) is 2. The second-order valence-electron chi connectivity index (χ2n) is 5.79. The van der Waals surface area contributed by atoms with Crippen molar-refractivity contribution in [1.29, 1.82) is 5.26 Å². The van der Waals surface area contributed by atoms with Gasteiger partial charge >= 0.3 is 0 Å². The first-order valence-electron chi connectivity index (χ1n) is 8.18. The van der Waals surface area contributed by atoms with Gasteiger partial charge in [0.25, 0.3) is 0 Å². The lowest BCUT2D eigenvalue weighted by Gasteiger charge is -2.16. The van der Waals surface area contributed by atoms with Gasteiger partial charge in [0.15, 0.2) is 5.69 Å². The van der Waals surface area contributed by atoms with E-state index in [1.54, 1.807) is 7.11 Å². The van der Waals surface area contributed by atoms with Gasteiger partial charge in [-0.15, -0.1) is 0 Å². The molecule has 0 radical (unpaired) electrons. The Morgan fingerprint density at radius 1 is 1.19 bits per heavy atom. The molecule has 1 aromatic heterocycles. The lowest BCUT2D eigenvalue weighted by molar-refractivity contribution is 0.105. The highest BCUT2D eigenvalue weighted by Gasteiger charge is 2.17. The second-order valence-corrected chi connectivity index (χ2v) is 5.79. The highest BCUT2D eigenvalue weighted by atomic mass is 16.5. The first-order valence-corrected chi connectivity index (χ1v) is 8.18. The number of methoxy groups -OCH3 is 1. The zero-order chi connectivity index (χ0) is 18.5. The normalized spacial score (nSPS) is 11.8. The van der Waals surface area contributed by atoms with Gasteiger partial charge in [0.1, 0.15) is 17.6 Å². The van der Waals surface area contributed by atoms with Gasteiger partial charge in [0, 0.05) is 17.5 Å². The predicted molar refractivity (Wildman–Crippen MR) is 100 cm³/mol. The number of nitriles is 1. The van der Waals surface area contributed by atoms with Gasteiger partial charge in [-0.05, 0) is 29.1 Å². The number of hydrogen-bond acceptors (Lipinski definition) is 6. The first-order chi connectivity index (χ1) is 12.7. The molecule has 1 atom stereocenters. The third-order valence-corrected chi connectivity index (χ3v) is 4.10. The van der Waals surface area contributed by atoms with E-state index >= 15 is 0 Å². The third-order valence-electron chi connectivity index (χ3n) is 4.10. The smallest absolute Gasteiger partial charge is 0.151 e. The summed E-state index contributed by atoms with van der Waals surface area (Å²) in [4.78, 5) is 4.45. The van der Waals surface area contributed by atoms with Crippen molar-refractivity contribution >= 4 is 16.6 Å². The summed E-state index contributed by atoms with van der Waals surface area (Å²) in [6.45, 7) is -0.230. The quantitative estimate of drug-likeness (QED) is 0.633. The summed E-state index contributed by atoms with van der Waals surface area (Å²) in [6.07, 6.45) is -0.913. The number of fused-ring (bicyclic) bond motifs is 1. The SMILES string of the molecule is COc1ccc2c(NC[C@H](O)CO)nc(C#N)c(-c3ccccc3)c2c1. The van der Waals surface area contributed by atoms with Crippen molar-refractivity contribution in [3.05, 3.63) is 54.2 Å². The minimum Gasteiger partial charge on any atom is -0.497 e. The molecule has 0 aliphatic rings. The fraction of sp³-hybridized carbons (Fsp3) is 0.200. The van der Waals surface area contributed by atoms with Crippen LogP contribution in [0.2, 0.25) is 0 Å². The molecule has 0 unspecified atom stereocenters. The van der Waals surface area contributed by atoms with E-state index < -0.39 is 6.10 Å². The van der Waals surface area contributed by atoms with Crippen molar-refractivity contribution in [2.75, 3.05) is 25.6 Å². The number of hydrogen-bond donors (Lipinski definition) is 3. The average molecular weight is 349 g/mol. The highest BCUT2D eigenvalue weighted by Crippen LogP contribution is 2.36. The Morgan fingerprint density at radius 2 is 1.96 bits per heavy atom. The van der Waals surface area contributed by atoms with E-state index in [2.05, 4.69) is 16.4 Å². The molecule has 0 bridgehead atoms. The van der Waals surface area contributed by atoms with E-state index in [1.165, 1.54) is 0 Å². The van der Waals surface area contributed by atoms with E-state index in [0.717, 1.165) is 21.9 Å². The van der Waals surface area contributed by atoms with E-state index in [1.807, 2.05) is 48.5 Å². The summed E-state index contributed by atoms with van der Waals surface area (Å²) in [7, 11) is 1.59. The molecule has 0 fully saturated rings. The topological polar surface area (TPSA) is 98.4 Å². The lowest BCUT2D eigenvalue weighted by atomic mass is 9.97. The molecule has 0 amide bonds. The second kappa shape index (κ2) is 7.83. The molecule has 132 valence electrons. The van der Waals surface area contributed by atoms with Gasteiger partial charge < -0.3 is 20.3 Å². The Kier molecular flexibility index (Phi) is 5.32. The van der Waals surface area contributed by atoms with Crippen LogP contribution in [-0.2, 0) is 0 Å². The fourth-order valence-corrected chi connectivity index (χ4v) is 2.81. The van der Waals surface area contributed by atoms with Crippen molar-refractivity contribution in [2.45, 2.75) is 6.10 Å². The Labute approximate surface area is 151 Å². The van der Waals surface area contributed by atoms with Crippen LogP contribution in [0.25, 0.3) is 21.9 Å². The number of rotatable bonds is 6. The number of aromatic nitrogens is 1. The summed E-state index contributed by atoms with van der Waals surface area (Å²) in [5.74, 6) is 1.15. The standard InChI is InChI=1S/C20H19N3O3/c1-26-15-7-8-16-17(9-15)19(13-5-3-2-4-6-13)18(10-21)23-20(16)22-11-14(25)12-24/h2-9,14,24-25H,11-12H2,1H3,(H,22,23)/t14-/m0/s1. The molecule has 0 aliphatic carbocycles. The van der Waals surface area contributed by atoms with Gasteiger partial charge in [0.05, 0.1) is 19.8 Å². The van der Waals surface area contributed by atoms with E-state index in [-0.39, 0.29) is 18.8 Å². The molecule has 6 nitrogen and oxygen atoms in total. The van der Waals surface area contributed by atoms with Crippen LogP contribution in [-0.4, -0.2) is 41.6 Å². The third kappa shape index (κ3) is 3.45. The van der Waals surface area contributed by atoms with Gasteiger partial charge in [-0.1, -0.05) is 30.3 Å². The maximum Gasteiger partial charge on any atom is 0.151 e. The Bertz CT molecular complexity index is 952. The monoisotopic (exact) mass is 349 g/mol. The van der Waals surface area contributed by atoms with Crippen molar-refractivity contribution in [3.63, 3.8) is 0 Å². The van der Waals surface area contributed by atoms with Crippen molar-refractivity contribution in [2.24, 2.45) is 0 Å². The van der Waals surface area contributed by atoms with Crippen LogP contribution in [0, 0.1) is 11.3 Å². The highest BCUT2D eigenvalue weighted by molar-refractivity contribution is 6.04. The number of anilines is 1. The van der Waals surface area contributed by atoms with Crippen LogP contribution < -0.4 is 10.1 Å². The molecular weight excluding hydrogens is 330 g/mol. The fourth-order valence-electron chi connectivity index (χ4n) is 2.81. The Morgan fingerprint density at radius 3 is 2.62 bits per heavy atom. The van der Waals surface area contributed by atoms with Crippen LogP contribution in [0.3, 0.4) is 0 Å². The number of nitrogens with one attached hydrogen (secondary N) is 1. The number of aliphatic hydroxyl groups is 2. The van der Waals surface area contributed by atoms with Crippen molar-refractivity contribution < 1.29 is 14.9 Å². The summed E-state index contributed by atoms with van der Waals surface area (Å²) in [6, 6.07) is 17.3. The summed E-state index contributed by atoms with van der Waals surface area (Å²) in [5.41, 5.74) is 1.89. The van der Waals surface area contributed by atoms with Gasteiger partial charge in [-0.25, -0.2) is 4.98 Å². The van der Waals surface area contributed by atoms with Gasteiger partial charge in [-0.3, -0.25) is 0 Å². The summed E-state index contributed by atoms with van der Waals surface area (Å²) >= 11 is 0. The molecule has 2 aromatic carbocycles.